The molecule has 0 bridgehead atoms. The van der Waals surface area contributed by atoms with E-state index in [1.54, 1.807) is 19.1 Å². The molecule has 0 aromatic heterocycles. The summed E-state index contributed by atoms with van der Waals surface area (Å²) in [5.74, 6) is -0.946. The topological polar surface area (TPSA) is 91.5 Å². The maximum absolute atomic E-state index is 11.1. The van der Waals surface area contributed by atoms with Crippen molar-refractivity contribution in [2.45, 2.75) is 6.92 Å². The summed E-state index contributed by atoms with van der Waals surface area (Å²) < 4.78 is 0. The lowest BCUT2D eigenvalue weighted by Crippen LogP contribution is -2.11. The largest absolute Gasteiger partial charge is 0.507 e. The lowest BCUT2D eigenvalue weighted by molar-refractivity contribution is 0.0997. The number of nitriles is 1. The Morgan fingerprint density at radius 2 is 2.29 bits per heavy atom. The van der Waals surface area contributed by atoms with E-state index in [9.17, 15) is 9.90 Å². The second-order valence-electron chi connectivity index (χ2n) is 3.35. The van der Waals surface area contributed by atoms with Crippen LogP contribution in [0.5, 0.6) is 5.75 Å². The highest BCUT2D eigenvalue weighted by Crippen LogP contribution is 2.24. The molecule has 0 heterocycles. The first-order valence-electron chi connectivity index (χ1n) is 4.62. The van der Waals surface area contributed by atoms with Crippen molar-refractivity contribution in [3.63, 3.8) is 0 Å². The molecule has 1 rings (SSSR count). The highest BCUT2D eigenvalue weighted by atomic mass is 16.3. The van der Waals surface area contributed by atoms with Gasteiger partial charge < -0.3 is 10.8 Å². The third kappa shape index (κ3) is 2.61. The summed E-state index contributed by atoms with van der Waals surface area (Å²) in [6.45, 7) is 8.34. The van der Waals surface area contributed by atoms with Gasteiger partial charge >= 0.3 is 0 Å². The van der Waals surface area contributed by atoms with Gasteiger partial charge in [-0.1, -0.05) is 0 Å². The Bertz CT molecular complexity index is 573. The van der Waals surface area contributed by atoms with Crippen molar-refractivity contribution in [2.24, 2.45) is 5.73 Å². The van der Waals surface area contributed by atoms with Crippen molar-refractivity contribution < 1.29 is 9.90 Å². The summed E-state index contributed by atoms with van der Waals surface area (Å²) in [7, 11) is 0. The fraction of sp³-hybridized carbons (Fsp3) is 0.0833. The molecule has 0 unspecified atom stereocenters. The number of carbonyl (C=O) groups is 1. The molecule has 0 saturated carbocycles. The standard InChI is InChI=1S/C12H9N3O2/c1-7-3-8(4-9(6-13)15-2)5-10(11(7)16)12(14)17/h3-5,16H,1H3,(H2,14,17). The van der Waals surface area contributed by atoms with E-state index < -0.39 is 5.91 Å². The number of hydrogen-bond donors (Lipinski definition) is 2. The van der Waals surface area contributed by atoms with Crippen LogP contribution in [0.4, 0.5) is 0 Å². The minimum atomic E-state index is -0.762. The minimum Gasteiger partial charge on any atom is -0.507 e. The van der Waals surface area contributed by atoms with Crippen molar-refractivity contribution in [1.29, 1.82) is 5.26 Å². The van der Waals surface area contributed by atoms with E-state index in [0.717, 1.165) is 0 Å². The average molecular weight is 227 g/mol. The summed E-state index contributed by atoms with van der Waals surface area (Å²) in [5.41, 5.74) is 5.90. The number of amides is 1. The molecule has 0 saturated heterocycles. The maximum atomic E-state index is 11.1. The van der Waals surface area contributed by atoms with Crippen molar-refractivity contribution in [3.05, 3.63) is 45.9 Å². The SMILES string of the molecule is [C-]#[N+]C(C#N)=Cc1cc(C)c(O)c(C(N)=O)c1. The molecule has 1 amide bonds. The lowest BCUT2D eigenvalue weighted by Gasteiger charge is -2.05. The van der Waals surface area contributed by atoms with Gasteiger partial charge in [0.1, 0.15) is 5.75 Å². The summed E-state index contributed by atoms with van der Waals surface area (Å²) in [6, 6.07) is 4.61. The molecule has 84 valence electrons. The Balaban J connectivity index is 3.41. The number of benzene rings is 1. The Morgan fingerprint density at radius 3 is 2.76 bits per heavy atom. The van der Waals surface area contributed by atoms with E-state index in [-0.39, 0.29) is 17.0 Å². The predicted octanol–water partition coefficient (Wildman–Crippen LogP) is 1.58. The van der Waals surface area contributed by atoms with Gasteiger partial charge in [0.05, 0.1) is 18.2 Å². The third-order valence-electron chi connectivity index (χ3n) is 2.13. The zero-order chi connectivity index (χ0) is 13.0. The zero-order valence-corrected chi connectivity index (χ0v) is 9.06. The van der Waals surface area contributed by atoms with Crippen molar-refractivity contribution >= 4 is 12.0 Å². The molecule has 5 heteroatoms. The molecule has 5 nitrogen and oxygen atoms in total. The first kappa shape index (κ1) is 12.3. The molecular weight excluding hydrogens is 218 g/mol. The Labute approximate surface area is 98.2 Å². The summed E-state index contributed by atoms with van der Waals surface area (Å²) >= 11 is 0. The monoisotopic (exact) mass is 227 g/mol. The van der Waals surface area contributed by atoms with Crippen LogP contribution in [-0.4, -0.2) is 11.0 Å². The average Bonchev–Trinajstić information content (AvgIpc) is 2.29. The second kappa shape index (κ2) is 4.82. The van der Waals surface area contributed by atoms with Gasteiger partial charge in [0.2, 0.25) is 0 Å². The molecule has 0 radical (unpaired) electrons. The predicted molar refractivity (Wildman–Crippen MR) is 61.6 cm³/mol. The van der Waals surface area contributed by atoms with Crippen LogP contribution in [0.25, 0.3) is 10.9 Å². The molecule has 1 aromatic rings. The highest BCUT2D eigenvalue weighted by Gasteiger charge is 2.11. The maximum Gasteiger partial charge on any atom is 0.262 e. The van der Waals surface area contributed by atoms with Gasteiger partial charge in [-0.2, -0.15) is 0 Å². The molecule has 0 aliphatic heterocycles. The number of phenols is 1. The van der Waals surface area contributed by atoms with E-state index in [1.807, 2.05) is 0 Å². The molecule has 1 aromatic carbocycles. The number of nitrogens with two attached hydrogens (primary N) is 1. The van der Waals surface area contributed by atoms with Crippen LogP contribution in [0.2, 0.25) is 0 Å². The fourth-order valence-corrected chi connectivity index (χ4v) is 1.33. The van der Waals surface area contributed by atoms with E-state index in [2.05, 4.69) is 4.85 Å². The molecular formula is C12H9N3O2. The van der Waals surface area contributed by atoms with E-state index in [1.165, 1.54) is 12.1 Å². The number of primary amides is 1. The number of rotatable bonds is 2. The van der Waals surface area contributed by atoms with Crippen LogP contribution in [0.3, 0.4) is 0 Å². The smallest absolute Gasteiger partial charge is 0.262 e. The zero-order valence-electron chi connectivity index (χ0n) is 9.06. The third-order valence-corrected chi connectivity index (χ3v) is 2.13. The van der Waals surface area contributed by atoms with Gasteiger partial charge in [0.15, 0.2) is 0 Å². The van der Waals surface area contributed by atoms with Crippen molar-refractivity contribution in [1.82, 2.24) is 0 Å². The van der Waals surface area contributed by atoms with Gasteiger partial charge in [-0.3, -0.25) is 4.79 Å². The van der Waals surface area contributed by atoms with Crippen LogP contribution in [-0.2, 0) is 0 Å². The highest BCUT2D eigenvalue weighted by molar-refractivity contribution is 5.96. The van der Waals surface area contributed by atoms with Crippen LogP contribution in [0.15, 0.2) is 17.8 Å². The number of aryl methyl sites for hydroxylation is 1. The summed E-state index contributed by atoms with van der Waals surface area (Å²) in [4.78, 5) is 14.1. The summed E-state index contributed by atoms with van der Waals surface area (Å²) in [5, 5.41) is 18.2. The minimum absolute atomic E-state index is 0.0291. The van der Waals surface area contributed by atoms with E-state index >= 15 is 0 Å². The summed E-state index contributed by atoms with van der Waals surface area (Å²) in [6.07, 6.45) is 1.33. The molecule has 0 aliphatic rings. The normalized spacial score (nSPS) is 10.4. The molecule has 17 heavy (non-hydrogen) atoms. The van der Waals surface area contributed by atoms with Crippen molar-refractivity contribution in [2.75, 3.05) is 0 Å². The quantitative estimate of drug-likeness (QED) is 0.593. The number of hydrogen-bond acceptors (Lipinski definition) is 3. The van der Waals surface area contributed by atoms with Gasteiger partial charge in [-0.15, -0.1) is 0 Å². The second-order valence-corrected chi connectivity index (χ2v) is 3.35. The lowest BCUT2D eigenvalue weighted by atomic mass is 10.0. The van der Waals surface area contributed by atoms with Gasteiger partial charge in [0, 0.05) is 0 Å². The Hall–Kier alpha value is -2.79. The Morgan fingerprint density at radius 1 is 1.65 bits per heavy atom. The van der Waals surface area contributed by atoms with Crippen LogP contribution >= 0.6 is 0 Å². The van der Waals surface area contributed by atoms with E-state index in [0.29, 0.717) is 11.1 Å². The molecule has 0 spiro atoms. The van der Waals surface area contributed by atoms with Crippen LogP contribution < -0.4 is 5.73 Å². The molecule has 0 atom stereocenters. The molecule has 0 aliphatic carbocycles. The molecule has 0 fully saturated rings. The van der Waals surface area contributed by atoms with Gasteiger partial charge in [-0.05, 0) is 36.3 Å². The van der Waals surface area contributed by atoms with Crippen LogP contribution in [0, 0.1) is 24.8 Å². The molecule has 3 N–H and O–H groups in total. The van der Waals surface area contributed by atoms with Crippen molar-refractivity contribution in [3.8, 4) is 11.8 Å². The van der Waals surface area contributed by atoms with E-state index in [4.69, 9.17) is 17.6 Å². The number of nitrogens with zero attached hydrogens (tertiary/aromatic N) is 2. The first-order valence-corrected chi connectivity index (χ1v) is 4.62. The van der Waals surface area contributed by atoms with Crippen LogP contribution in [0.1, 0.15) is 21.5 Å². The number of allylic oxidation sites excluding steroid dienone is 1. The fourth-order valence-electron chi connectivity index (χ4n) is 1.33. The van der Waals surface area contributed by atoms with Gasteiger partial charge in [0.25, 0.3) is 11.6 Å². The first-order chi connectivity index (χ1) is 7.99. The van der Waals surface area contributed by atoms with Gasteiger partial charge in [-0.25, -0.2) is 10.1 Å². The number of aromatic hydroxyl groups is 1. The number of carbonyl (C=O) groups excluding carboxylic acids is 1. The Kier molecular flexibility index (Phi) is 3.48.